The first-order valence-corrected chi connectivity index (χ1v) is 9.09. The summed E-state index contributed by atoms with van der Waals surface area (Å²) >= 11 is 0. The minimum absolute atomic E-state index is 0.124. The summed E-state index contributed by atoms with van der Waals surface area (Å²) in [7, 11) is -4.31. The minimum atomic E-state index is -3.52. The van der Waals surface area contributed by atoms with Gasteiger partial charge in [-0.1, -0.05) is 0 Å². The second-order valence-corrected chi connectivity index (χ2v) is 8.17. The first-order chi connectivity index (χ1) is 8.88. The van der Waals surface area contributed by atoms with E-state index in [0.29, 0.717) is 30.0 Å². The van der Waals surface area contributed by atoms with Gasteiger partial charge in [-0.05, 0) is 43.5 Å². The highest BCUT2D eigenvalue weighted by Gasteiger charge is 2.24. The van der Waals surface area contributed by atoms with Gasteiger partial charge < -0.3 is 5.73 Å². The van der Waals surface area contributed by atoms with Crippen molar-refractivity contribution in [3.63, 3.8) is 0 Å². The van der Waals surface area contributed by atoms with Crippen LogP contribution in [0.2, 0.25) is 0 Å². The van der Waals surface area contributed by atoms with Gasteiger partial charge in [0.1, 0.15) is 0 Å². The number of nitrogens with two attached hydrogens (primary N) is 1. The van der Waals surface area contributed by atoms with Crippen LogP contribution < -0.4 is 10.5 Å². The predicted octanol–water partition coefficient (Wildman–Crippen LogP) is 0.767. The van der Waals surface area contributed by atoms with E-state index in [2.05, 4.69) is 4.72 Å². The molecule has 1 fully saturated rings. The molecule has 1 heterocycles. The lowest BCUT2D eigenvalue weighted by atomic mass is 10.2. The van der Waals surface area contributed by atoms with E-state index in [9.17, 15) is 12.6 Å². The zero-order valence-electron chi connectivity index (χ0n) is 10.8. The second-order valence-electron chi connectivity index (χ2n) is 4.76. The Balaban J connectivity index is 2.13. The zero-order valence-corrected chi connectivity index (χ0v) is 12.4. The highest BCUT2D eigenvalue weighted by atomic mass is 32.2. The lowest BCUT2D eigenvalue weighted by Gasteiger charge is -2.22. The number of hydrogen-bond donors (Lipinski definition) is 2. The molecule has 0 radical (unpaired) electrons. The third kappa shape index (κ3) is 3.55. The fourth-order valence-corrected chi connectivity index (χ4v) is 4.70. The largest absolute Gasteiger partial charge is 0.399 e. The van der Waals surface area contributed by atoms with Crippen molar-refractivity contribution in [2.45, 2.75) is 30.7 Å². The van der Waals surface area contributed by atoms with Crippen LogP contribution in [0.15, 0.2) is 23.1 Å². The van der Waals surface area contributed by atoms with Gasteiger partial charge in [-0.3, -0.25) is 4.21 Å². The topological polar surface area (TPSA) is 89.3 Å². The molecule has 0 bridgehead atoms. The monoisotopic (exact) mass is 302 g/mol. The summed E-state index contributed by atoms with van der Waals surface area (Å²) in [6.07, 6.45) is 1.25. The summed E-state index contributed by atoms with van der Waals surface area (Å²) < 4.78 is 38.4. The van der Waals surface area contributed by atoms with E-state index < -0.39 is 20.8 Å². The average molecular weight is 302 g/mol. The molecule has 7 heteroatoms. The molecule has 1 aromatic carbocycles. The minimum Gasteiger partial charge on any atom is -0.399 e. The Bertz CT molecular complexity index is 589. The maximum atomic E-state index is 12.2. The van der Waals surface area contributed by atoms with Gasteiger partial charge in [0.2, 0.25) is 10.0 Å². The molecule has 106 valence electrons. The van der Waals surface area contributed by atoms with Gasteiger partial charge in [-0.25, -0.2) is 13.1 Å². The van der Waals surface area contributed by atoms with Gasteiger partial charge in [0, 0.05) is 34.0 Å². The molecule has 3 N–H and O–H groups in total. The van der Waals surface area contributed by atoms with Crippen LogP contribution >= 0.6 is 0 Å². The number of hydrogen-bond acceptors (Lipinski definition) is 4. The van der Waals surface area contributed by atoms with E-state index in [1.165, 1.54) is 6.07 Å². The molecule has 19 heavy (non-hydrogen) atoms. The molecule has 1 saturated heterocycles. The van der Waals surface area contributed by atoms with Crippen LogP contribution in [0.25, 0.3) is 0 Å². The number of aryl methyl sites for hydroxylation is 1. The molecular formula is C12H18N2O3S2. The smallest absolute Gasteiger partial charge is 0.240 e. The highest BCUT2D eigenvalue weighted by molar-refractivity contribution is 7.89. The van der Waals surface area contributed by atoms with Crippen molar-refractivity contribution in [2.75, 3.05) is 17.2 Å². The molecule has 0 spiro atoms. The van der Waals surface area contributed by atoms with E-state index in [4.69, 9.17) is 5.73 Å². The Morgan fingerprint density at radius 2 is 1.95 bits per heavy atom. The van der Waals surface area contributed by atoms with Crippen molar-refractivity contribution < 1.29 is 12.6 Å². The van der Waals surface area contributed by atoms with Crippen LogP contribution in [0.4, 0.5) is 5.69 Å². The first kappa shape index (κ1) is 14.5. The fourth-order valence-electron chi connectivity index (χ4n) is 2.01. The summed E-state index contributed by atoms with van der Waals surface area (Å²) in [6, 6.07) is 4.55. The number of rotatable bonds is 3. The zero-order chi connectivity index (χ0) is 14.0. The summed E-state index contributed by atoms with van der Waals surface area (Å²) in [5.41, 5.74) is 7.00. The van der Waals surface area contributed by atoms with Gasteiger partial charge in [0.05, 0.1) is 4.90 Å². The van der Waals surface area contributed by atoms with Crippen molar-refractivity contribution in [3.8, 4) is 0 Å². The summed E-state index contributed by atoms with van der Waals surface area (Å²) in [5.74, 6) is 1.13. The predicted molar refractivity (Wildman–Crippen MR) is 76.8 cm³/mol. The molecule has 0 aliphatic carbocycles. The molecule has 1 aromatic rings. The molecule has 1 aliphatic rings. The third-order valence-corrected chi connectivity index (χ3v) is 6.16. The van der Waals surface area contributed by atoms with Crippen LogP contribution in [-0.2, 0) is 20.8 Å². The van der Waals surface area contributed by atoms with Crippen LogP contribution in [-0.4, -0.2) is 30.2 Å². The average Bonchev–Trinajstić information content (AvgIpc) is 2.35. The molecule has 0 aromatic heterocycles. The van der Waals surface area contributed by atoms with Crippen molar-refractivity contribution in [1.82, 2.24) is 4.72 Å². The number of benzene rings is 1. The van der Waals surface area contributed by atoms with Gasteiger partial charge in [0.25, 0.3) is 0 Å². The van der Waals surface area contributed by atoms with Gasteiger partial charge in [0.15, 0.2) is 0 Å². The Kier molecular flexibility index (Phi) is 4.27. The van der Waals surface area contributed by atoms with Crippen LogP contribution in [0, 0.1) is 6.92 Å². The third-order valence-electron chi connectivity index (χ3n) is 3.26. The van der Waals surface area contributed by atoms with E-state index in [0.717, 1.165) is 5.56 Å². The van der Waals surface area contributed by atoms with Crippen molar-refractivity contribution in [2.24, 2.45) is 0 Å². The van der Waals surface area contributed by atoms with Crippen LogP contribution in [0.1, 0.15) is 18.4 Å². The Labute approximate surface area is 116 Å². The van der Waals surface area contributed by atoms with Crippen molar-refractivity contribution >= 4 is 26.5 Å². The molecule has 0 atom stereocenters. The summed E-state index contributed by atoms with van der Waals surface area (Å²) in [5, 5.41) is 0. The molecule has 0 saturated carbocycles. The number of nitrogens with one attached hydrogen (secondary N) is 1. The molecule has 5 nitrogen and oxygen atoms in total. The first-order valence-electron chi connectivity index (χ1n) is 6.12. The molecule has 0 unspecified atom stereocenters. The maximum absolute atomic E-state index is 12.2. The van der Waals surface area contributed by atoms with Crippen LogP contribution in [0.3, 0.4) is 0 Å². The van der Waals surface area contributed by atoms with Gasteiger partial charge in [-0.15, -0.1) is 0 Å². The fraction of sp³-hybridized carbons (Fsp3) is 0.500. The number of anilines is 1. The molecule has 1 aliphatic heterocycles. The Hall–Kier alpha value is -0.920. The Morgan fingerprint density at radius 1 is 1.32 bits per heavy atom. The number of nitrogen functional groups attached to an aromatic ring is 1. The van der Waals surface area contributed by atoms with E-state index in [-0.39, 0.29) is 10.9 Å². The second kappa shape index (κ2) is 5.60. The van der Waals surface area contributed by atoms with E-state index in [1.54, 1.807) is 19.1 Å². The Morgan fingerprint density at radius 3 is 2.53 bits per heavy atom. The SMILES string of the molecule is Cc1cc(S(=O)(=O)NC2CCS(=O)CC2)ccc1N. The quantitative estimate of drug-likeness (QED) is 0.807. The van der Waals surface area contributed by atoms with E-state index in [1.807, 2.05) is 0 Å². The van der Waals surface area contributed by atoms with Crippen molar-refractivity contribution in [1.29, 1.82) is 0 Å². The van der Waals surface area contributed by atoms with Crippen LogP contribution in [0.5, 0.6) is 0 Å². The van der Waals surface area contributed by atoms with Gasteiger partial charge in [-0.2, -0.15) is 0 Å². The lowest BCUT2D eigenvalue weighted by Crippen LogP contribution is -2.39. The molecular weight excluding hydrogens is 284 g/mol. The molecule has 2 rings (SSSR count). The number of sulfonamides is 1. The lowest BCUT2D eigenvalue weighted by molar-refractivity contribution is 0.522. The van der Waals surface area contributed by atoms with Crippen molar-refractivity contribution in [3.05, 3.63) is 23.8 Å². The highest BCUT2D eigenvalue weighted by Crippen LogP contribution is 2.18. The normalized spacial score (nSPS) is 24.3. The van der Waals surface area contributed by atoms with Gasteiger partial charge >= 0.3 is 0 Å². The maximum Gasteiger partial charge on any atom is 0.240 e. The molecule has 0 amide bonds. The van der Waals surface area contributed by atoms with E-state index >= 15 is 0 Å². The summed E-state index contributed by atoms with van der Waals surface area (Å²) in [4.78, 5) is 0.228. The standard InChI is InChI=1S/C12H18N2O3S2/c1-9-8-11(2-3-12(9)13)19(16,17)14-10-4-6-18(15)7-5-10/h2-3,8,10,14H,4-7,13H2,1H3. The summed E-state index contributed by atoms with van der Waals surface area (Å²) in [6.45, 7) is 1.78.